The summed E-state index contributed by atoms with van der Waals surface area (Å²) >= 11 is 0. The second kappa shape index (κ2) is 12.8. The van der Waals surface area contributed by atoms with E-state index in [1.165, 1.54) is 16.7 Å². The summed E-state index contributed by atoms with van der Waals surface area (Å²) in [6, 6.07) is 31.0. The number of hydrogen-bond donors (Lipinski definition) is 0. The Bertz CT molecular complexity index is 2060. The van der Waals surface area contributed by atoms with Crippen molar-refractivity contribution in [2.24, 2.45) is 5.41 Å². The van der Waals surface area contributed by atoms with E-state index in [0.717, 1.165) is 67.3 Å². The Labute approximate surface area is 273 Å². The molecule has 1 radical (unpaired) electrons. The van der Waals surface area contributed by atoms with Gasteiger partial charge in [0.05, 0.1) is 5.58 Å². The van der Waals surface area contributed by atoms with E-state index in [1.54, 1.807) is 0 Å². The summed E-state index contributed by atoms with van der Waals surface area (Å²) in [4.78, 5) is 13.5. The molecule has 4 aromatic heterocycles. The molecule has 4 heterocycles. The largest absolute Gasteiger partial charge is 0.500 e. The normalized spacial score (nSPS) is 11.3. The molecule has 0 aliphatic rings. The van der Waals surface area contributed by atoms with Crippen LogP contribution in [0.15, 0.2) is 95.8 Å². The van der Waals surface area contributed by atoms with Gasteiger partial charge in [0.2, 0.25) is 0 Å². The molecular formula is C39H35IrN3O-2. The molecule has 4 nitrogen and oxygen atoms in total. The molecule has 44 heavy (non-hydrogen) atoms. The van der Waals surface area contributed by atoms with Crippen LogP contribution in [0.4, 0.5) is 0 Å². The van der Waals surface area contributed by atoms with Crippen molar-refractivity contribution in [3.8, 4) is 22.5 Å². The SMILES string of the molecule is Cc1cc2c(ccc3c4cc[c-]c(-c5cc(CC(C)(C)C)c(C)cn5)c4oc23)cn1.Cc1ccc(-c2[c-]cccc2)nc1.[Ir]. The molecule has 0 amide bonds. The minimum Gasteiger partial charge on any atom is -0.500 e. The third-order valence-electron chi connectivity index (χ3n) is 7.52. The zero-order valence-electron chi connectivity index (χ0n) is 26.0. The van der Waals surface area contributed by atoms with E-state index in [1.807, 2.05) is 68.8 Å². The number of aromatic nitrogens is 3. The maximum atomic E-state index is 6.48. The van der Waals surface area contributed by atoms with Gasteiger partial charge in [0.1, 0.15) is 5.58 Å². The van der Waals surface area contributed by atoms with E-state index in [0.29, 0.717) is 0 Å². The van der Waals surface area contributed by atoms with Crippen molar-refractivity contribution in [3.63, 3.8) is 0 Å². The number of nitrogens with zero attached hydrogens (tertiary/aromatic N) is 3. The van der Waals surface area contributed by atoms with E-state index in [4.69, 9.17) is 9.40 Å². The van der Waals surface area contributed by atoms with Gasteiger partial charge in [0, 0.05) is 60.5 Å². The predicted molar refractivity (Wildman–Crippen MR) is 177 cm³/mol. The van der Waals surface area contributed by atoms with Gasteiger partial charge in [-0.05, 0) is 61.2 Å². The van der Waals surface area contributed by atoms with Crippen LogP contribution in [0.2, 0.25) is 0 Å². The van der Waals surface area contributed by atoms with Crippen LogP contribution in [0.1, 0.15) is 43.2 Å². The maximum absolute atomic E-state index is 6.48. The van der Waals surface area contributed by atoms with Crippen molar-refractivity contribution >= 4 is 32.7 Å². The van der Waals surface area contributed by atoms with Gasteiger partial charge >= 0.3 is 0 Å². The summed E-state index contributed by atoms with van der Waals surface area (Å²) in [6.45, 7) is 13.0. The summed E-state index contributed by atoms with van der Waals surface area (Å²) in [5.41, 5.74) is 10.5. The van der Waals surface area contributed by atoms with E-state index < -0.39 is 0 Å². The fourth-order valence-corrected chi connectivity index (χ4v) is 5.35. The average Bonchev–Trinajstić information content (AvgIpc) is 3.38. The predicted octanol–water partition coefficient (Wildman–Crippen LogP) is 10.1. The summed E-state index contributed by atoms with van der Waals surface area (Å²) in [7, 11) is 0. The first-order chi connectivity index (χ1) is 20.7. The second-order valence-electron chi connectivity index (χ2n) is 12.4. The average molecular weight is 754 g/mol. The smallest absolute Gasteiger partial charge is 0.128 e. The molecular weight excluding hydrogens is 719 g/mol. The number of aryl methyl sites for hydroxylation is 3. The molecule has 0 bridgehead atoms. The van der Waals surface area contributed by atoms with Gasteiger partial charge in [0.15, 0.2) is 0 Å². The molecule has 7 aromatic rings. The van der Waals surface area contributed by atoms with Crippen LogP contribution >= 0.6 is 0 Å². The van der Waals surface area contributed by atoms with Crippen molar-refractivity contribution in [1.82, 2.24) is 15.0 Å². The van der Waals surface area contributed by atoms with Crippen LogP contribution in [-0.4, -0.2) is 15.0 Å². The van der Waals surface area contributed by atoms with Gasteiger partial charge in [-0.25, -0.2) is 0 Å². The number of benzene rings is 3. The first-order valence-electron chi connectivity index (χ1n) is 14.6. The molecule has 0 atom stereocenters. The molecule has 0 aliphatic heterocycles. The van der Waals surface area contributed by atoms with Crippen LogP contribution in [-0.2, 0) is 26.5 Å². The molecule has 5 heteroatoms. The first kappa shape index (κ1) is 31.3. The van der Waals surface area contributed by atoms with Crippen molar-refractivity contribution in [2.75, 3.05) is 0 Å². The zero-order valence-corrected chi connectivity index (χ0v) is 28.3. The molecule has 0 spiro atoms. The Kier molecular flexibility index (Phi) is 9.10. The minimum absolute atomic E-state index is 0. The van der Waals surface area contributed by atoms with E-state index in [2.05, 4.69) is 86.2 Å². The maximum Gasteiger partial charge on any atom is 0.128 e. The van der Waals surface area contributed by atoms with Gasteiger partial charge in [-0.3, -0.25) is 4.98 Å². The summed E-state index contributed by atoms with van der Waals surface area (Å²) in [5, 5.41) is 4.38. The molecule has 0 fully saturated rings. The van der Waals surface area contributed by atoms with Crippen LogP contribution in [0.5, 0.6) is 0 Å². The van der Waals surface area contributed by atoms with E-state index >= 15 is 0 Å². The third kappa shape index (κ3) is 6.65. The summed E-state index contributed by atoms with van der Waals surface area (Å²) in [6.07, 6.45) is 6.75. The molecule has 7 rings (SSSR count). The molecule has 0 unspecified atom stereocenters. The monoisotopic (exact) mass is 754 g/mol. The number of fused-ring (bicyclic) bond motifs is 5. The minimum atomic E-state index is 0. The van der Waals surface area contributed by atoms with Gasteiger partial charge in [-0.15, -0.1) is 54.1 Å². The number of hydrogen-bond acceptors (Lipinski definition) is 4. The Balaban J connectivity index is 0.000000230. The Hall–Kier alpha value is -4.18. The van der Waals surface area contributed by atoms with Gasteiger partial charge < -0.3 is 14.4 Å². The zero-order chi connectivity index (χ0) is 30.1. The van der Waals surface area contributed by atoms with E-state index in [9.17, 15) is 0 Å². The number of pyridine rings is 3. The number of furan rings is 1. The molecule has 0 saturated carbocycles. The van der Waals surface area contributed by atoms with Crippen LogP contribution < -0.4 is 0 Å². The van der Waals surface area contributed by atoms with Crippen LogP contribution in [0, 0.1) is 38.3 Å². The van der Waals surface area contributed by atoms with Crippen LogP contribution in [0.25, 0.3) is 55.2 Å². The molecule has 0 saturated heterocycles. The Morgan fingerprint density at radius 1 is 0.705 bits per heavy atom. The molecule has 0 aliphatic carbocycles. The van der Waals surface area contributed by atoms with E-state index in [-0.39, 0.29) is 25.5 Å². The molecule has 0 N–H and O–H groups in total. The Morgan fingerprint density at radius 3 is 2.23 bits per heavy atom. The fourth-order valence-electron chi connectivity index (χ4n) is 5.35. The fraction of sp³-hybridized carbons (Fsp3) is 0.205. The van der Waals surface area contributed by atoms with Crippen molar-refractivity contribution < 1.29 is 24.5 Å². The van der Waals surface area contributed by atoms with Gasteiger partial charge in [-0.2, -0.15) is 0 Å². The molecule has 3 aromatic carbocycles. The summed E-state index contributed by atoms with van der Waals surface area (Å²) in [5.74, 6) is 0. The topological polar surface area (TPSA) is 51.8 Å². The Morgan fingerprint density at radius 2 is 1.50 bits per heavy atom. The summed E-state index contributed by atoms with van der Waals surface area (Å²) < 4.78 is 6.48. The molecule has 223 valence electrons. The standard InChI is InChI=1S/C27H25N2O.C12H10N.Ir/c1-16-14-29-24(12-19(16)13-27(3,4)5)22-8-6-7-20-21-10-9-18-15-28-17(2)11-23(18)26(21)30-25(20)22;1-10-7-8-12(13-9-10)11-5-3-2-4-6-11;/h6-7,9-12,14-15H,13H2,1-5H3;2-5,7-9H,1H3;/q2*-1;. The van der Waals surface area contributed by atoms with Crippen molar-refractivity contribution in [3.05, 3.63) is 126 Å². The number of rotatable bonds is 3. The first-order valence-corrected chi connectivity index (χ1v) is 14.6. The van der Waals surface area contributed by atoms with Gasteiger partial charge in [0.25, 0.3) is 0 Å². The third-order valence-corrected chi connectivity index (χ3v) is 7.52. The van der Waals surface area contributed by atoms with Crippen LogP contribution in [0.3, 0.4) is 0 Å². The van der Waals surface area contributed by atoms with Gasteiger partial charge in [-0.1, -0.05) is 67.6 Å². The quantitative estimate of drug-likeness (QED) is 0.169. The van der Waals surface area contributed by atoms with Crippen molar-refractivity contribution in [2.45, 2.75) is 48.0 Å². The van der Waals surface area contributed by atoms with Crippen molar-refractivity contribution in [1.29, 1.82) is 0 Å². The second-order valence-corrected chi connectivity index (χ2v) is 12.4.